The smallest absolute Gasteiger partial charge is 0.196 e. The summed E-state index contributed by atoms with van der Waals surface area (Å²) in [5.74, 6) is 0.406. The molecule has 0 radical (unpaired) electrons. The number of hydrogen-bond acceptors (Lipinski definition) is 2. The third-order valence-corrected chi connectivity index (χ3v) is 4.03. The molecule has 0 aliphatic rings. The first-order valence-corrected chi connectivity index (χ1v) is 8.43. The average Bonchev–Trinajstić information content (AvgIpc) is 2.59. The topological polar surface area (TPSA) is 26.3 Å². The van der Waals surface area contributed by atoms with Gasteiger partial charge in [-0.25, -0.2) is 0 Å². The number of ketones is 1. The molecule has 122 valence electrons. The van der Waals surface area contributed by atoms with Gasteiger partial charge < -0.3 is 4.74 Å². The van der Waals surface area contributed by atoms with E-state index in [-0.39, 0.29) is 11.9 Å². The van der Waals surface area contributed by atoms with Crippen molar-refractivity contribution in [2.75, 3.05) is 0 Å². The van der Waals surface area contributed by atoms with Crippen LogP contribution in [0.5, 0.6) is 0 Å². The van der Waals surface area contributed by atoms with Crippen LogP contribution in [-0.4, -0.2) is 11.9 Å². The predicted octanol–water partition coefficient (Wildman–Crippen LogP) is 5.45. The van der Waals surface area contributed by atoms with Crippen LogP contribution < -0.4 is 0 Å². The fourth-order valence-corrected chi connectivity index (χ4v) is 2.69. The zero-order valence-corrected chi connectivity index (χ0v) is 14.2. The van der Waals surface area contributed by atoms with E-state index in [2.05, 4.69) is 20.8 Å². The zero-order chi connectivity index (χ0) is 16.7. The Morgan fingerprint density at radius 2 is 1.52 bits per heavy atom. The van der Waals surface area contributed by atoms with E-state index in [1.165, 1.54) is 0 Å². The van der Waals surface area contributed by atoms with Gasteiger partial charge in [-0.1, -0.05) is 87.9 Å². The lowest BCUT2D eigenvalue weighted by Gasteiger charge is -2.27. The summed E-state index contributed by atoms with van der Waals surface area (Å²) < 4.78 is 6.31. The quantitative estimate of drug-likeness (QED) is 0.606. The van der Waals surface area contributed by atoms with E-state index < -0.39 is 6.10 Å². The second-order valence-electron chi connectivity index (χ2n) is 6.23. The largest absolute Gasteiger partial charge is 0.362 e. The monoisotopic (exact) mass is 310 g/mol. The maximum Gasteiger partial charge on any atom is 0.196 e. The van der Waals surface area contributed by atoms with E-state index in [0.717, 1.165) is 18.4 Å². The normalized spacial score (nSPS) is 13.7. The van der Waals surface area contributed by atoms with Crippen LogP contribution in [0, 0.1) is 5.92 Å². The van der Waals surface area contributed by atoms with E-state index in [1.54, 1.807) is 0 Å². The van der Waals surface area contributed by atoms with Crippen molar-refractivity contribution in [3.63, 3.8) is 0 Å². The average molecular weight is 310 g/mol. The molecule has 0 aliphatic carbocycles. The van der Waals surface area contributed by atoms with E-state index in [0.29, 0.717) is 11.5 Å². The van der Waals surface area contributed by atoms with Gasteiger partial charge in [0.1, 0.15) is 6.10 Å². The maximum atomic E-state index is 13.0. The molecule has 0 N–H and O–H groups in total. The van der Waals surface area contributed by atoms with Crippen molar-refractivity contribution in [1.29, 1.82) is 0 Å². The van der Waals surface area contributed by atoms with Crippen molar-refractivity contribution in [1.82, 2.24) is 0 Å². The van der Waals surface area contributed by atoms with E-state index in [4.69, 9.17) is 4.74 Å². The van der Waals surface area contributed by atoms with E-state index in [9.17, 15) is 4.79 Å². The molecule has 2 unspecified atom stereocenters. The molecule has 2 nitrogen and oxygen atoms in total. The van der Waals surface area contributed by atoms with Gasteiger partial charge in [-0.3, -0.25) is 4.79 Å². The molecule has 2 heteroatoms. The van der Waals surface area contributed by atoms with Crippen molar-refractivity contribution < 1.29 is 9.53 Å². The molecule has 2 aromatic rings. The number of benzene rings is 2. The summed E-state index contributed by atoms with van der Waals surface area (Å²) in [7, 11) is 0. The molecule has 0 spiro atoms. The van der Waals surface area contributed by atoms with Crippen molar-refractivity contribution in [3.8, 4) is 0 Å². The highest BCUT2D eigenvalue weighted by molar-refractivity contribution is 6.00. The predicted molar refractivity (Wildman–Crippen MR) is 94.6 cm³/mol. The third kappa shape index (κ3) is 4.77. The third-order valence-electron chi connectivity index (χ3n) is 4.03. The second-order valence-corrected chi connectivity index (χ2v) is 6.23. The number of carbonyl (C=O) groups excluding carboxylic acids is 1. The van der Waals surface area contributed by atoms with Crippen molar-refractivity contribution in [2.45, 2.75) is 45.8 Å². The summed E-state index contributed by atoms with van der Waals surface area (Å²) in [6.45, 7) is 6.44. The van der Waals surface area contributed by atoms with Gasteiger partial charge in [0.15, 0.2) is 5.78 Å². The van der Waals surface area contributed by atoms with Gasteiger partial charge >= 0.3 is 0 Å². The summed E-state index contributed by atoms with van der Waals surface area (Å²) in [6, 6.07) is 19.2. The van der Waals surface area contributed by atoms with Crippen LogP contribution in [0.3, 0.4) is 0 Å². The van der Waals surface area contributed by atoms with Crippen LogP contribution in [0.4, 0.5) is 0 Å². The molecular formula is C21H26O2. The molecule has 2 atom stereocenters. The number of rotatable bonds is 8. The van der Waals surface area contributed by atoms with E-state index >= 15 is 0 Å². The van der Waals surface area contributed by atoms with Crippen molar-refractivity contribution in [2.24, 2.45) is 5.92 Å². The van der Waals surface area contributed by atoms with Crippen LogP contribution in [0.25, 0.3) is 0 Å². The molecule has 0 heterocycles. The first-order valence-electron chi connectivity index (χ1n) is 8.43. The summed E-state index contributed by atoms with van der Waals surface area (Å²) in [5, 5.41) is 0. The Kier molecular flexibility index (Phi) is 6.54. The highest BCUT2D eigenvalue weighted by Gasteiger charge is 2.27. The van der Waals surface area contributed by atoms with Crippen LogP contribution in [0.15, 0.2) is 60.7 Å². The molecule has 0 amide bonds. The molecule has 0 aliphatic heterocycles. The van der Waals surface area contributed by atoms with Gasteiger partial charge in [-0.05, 0) is 17.9 Å². The van der Waals surface area contributed by atoms with Gasteiger partial charge in [0, 0.05) is 5.56 Å². The Morgan fingerprint density at radius 1 is 0.957 bits per heavy atom. The second kappa shape index (κ2) is 8.64. The Hall–Kier alpha value is -1.93. The number of carbonyl (C=O) groups is 1. The minimum absolute atomic E-state index is 0.0264. The zero-order valence-electron chi connectivity index (χ0n) is 14.2. The minimum Gasteiger partial charge on any atom is -0.362 e. The van der Waals surface area contributed by atoms with E-state index in [1.807, 2.05) is 60.7 Å². The summed E-state index contributed by atoms with van der Waals surface area (Å²) in [4.78, 5) is 13.0. The molecule has 0 fully saturated rings. The van der Waals surface area contributed by atoms with Crippen LogP contribution >= 0.6 is 0 Å². The summed E-state index contributed by atoms with van der Waals surface area (Å²) in [6.07, 6.45) is 1.54. The van der Waals surface area contributed by atoms with Crippen molar-refractivity contribution >= 4 is 5.78 Å². The van der Waals surface area contributed by atoms with Gasteiger partial charge in [0.25, 0.3) is 0 Å². The molecule has 0 aromatic heterocycles. The SMILES string of the molecule is CCCC(OC(C(=O)c1ccccc1)c1ccccc1)C(C)C. The lowest BCUT2D eigenvalue weighted by atomic mass is 9.97. The highest BCUT2D eigenvalue weighted by atomic mass is 16.5. The molecular weight excluding hydrogens is 284 g/mol. The van der Waals surface area contributed by atoms with Crippen LogP contribution in [0.1, 0.15) is 55.6 Å². The molecule has 0 bridgehead atoms. The van der Waals surface area contributed by atoms with Gasteiger partial charge in [0.05, 0.1) is 6.10 Å². The summed E-state index contributed by atoms with van der Waals surface area (Å²) >= 11 is 0. The van der Waals surface area contributed by atoms with Crippen molar-refractivity contribution in [3.05, 3.63) is 71.8 Å². The summed E-state index contributed by atoms with van der Waals surface area (Å²) in [5.41, 5.74) is 1.61. The van der Waals surface area contributed by atoms with Crippen LogP contribution in [0.2, 0.25) is 0 Å². The van der Waals surface area contributed by atoms with Gasteiger partial charge in [-0.15, -0.1) is 0 Å². The number of ether oxygens (including phenoxy) is 1. The fraction of sp³-hybridized carbons (Fsp3) is 0.381. The molecule has 23 heavy (non-hydrogen) atoms. The first-order chi connectivity index (χ1) is 11.1. The Morgan fingerprint density at radius 3 is 2.04 bits per heavy atom. The number of Topliss-reactive ketones (excluding diaryl/α,β-unsaturated/α-hetero) is 1. The Labute approximate surface area is 139 Å². The molecule has 2 aromatic carbocycles. The lowest BCUT2D eigenvalue weighted by Crippen LogP contribution is -2.27. The Balaban J connectivity index is 2.30. The first kappa shape index (κ1) is 17.4. The fourth-order valence-electron chi connectivity index (χ4n) is 2.69. The maximum absolute atomic E-state index is 13.0. The molecule has 2 rings (SSSR count). The Bertz CT molecular complexity index is 590. The standard InChI is InChI=1S/C21H26O2/c1-4-11-19(16(2)3)23-21(18-14-9-6-10-15-18)20(22)17-12-7-5-8-13-17/h5-10,12-16,19,21H,4,11H2,1-3H3. The molecule has 0 saturated heterocycles. The molecule has 0 saturated carbocycles. The lowest BCUT2D eigenvalue weighted by molar-refractivity contribution is -0.0293. The minimum atomic E-state index is -0.544. The van der Waals surface area contributed by atoms with Crippen LogP contribution in [-0.2, 0) is 4.74 Å². The van der Waals surface area contributed by atoms with Gasteiger partial charge in [0.2, 0.25) is 0 Å². The van der Waals surface area contributed by atoms with Gasteiger partial charge in [-0.2, -0.15) is 0 Å². The highest BCUT2D eigenvalue weighted by Crippen LogP contribution is 2.27. The number of hydrogen-bond donors (Lipinski definition) is 0.